The van der Waals surface area contributed by atoms with Crippen LogP contribution >= 0.6 is 0 Å². The van der Waals surface area contributed by atoms with E-state index >= 15 is 0 Å². The van der Waals surface area contributed by atoms with Crippen molar-refractivity contribution in [1.29, 1.82) is 0 Å². The van der Waals surface area contributed by atoms with E-state index in [1.807, 2.05) is 6.07 Å². The van der Waals surface area contributed by atoms with Gasteiger partial charge in [0.1, 0.15) is 6.04 Å². The average molecular weight is 235 g/mol. The van der Waals surface area contributed by atoms with Gasteiger partial charge in [0.25, 0.3) is 0 Å². The SMILES string of the molecule is O=C1OCC[C@H]1N1CCC[C@H](c2ccn[nH]2)C1. The summed E-state index contributed by atoms with van der Waals surface area (Å²) < 4.78 is 5.04. The highest BCUT2D eigenvalue weighted by atomic mass is 16.5. The summed E-state index contributed by atoms with van der Waals surface area (Å²) in [5.41, 5.74) is 1.18. The van der Waals surface area contributed by atoms with Crippen LogP contribution in [0.25, 0.3) is 0 Å². The van der Waals surface area contributed by atoms with Crippen molar-refractivity contribution in [3.05, 3.63) is 18.0 Å². The maximum atomic E-state index is 11.6. The van der Waals surface area contributed by atoms with Crippen LogP contribution < -0.4 is 0 Å². The maximum absolute atomic E-state index is 11.6. The fraction of sp³-hybridized carbons (Fsp3) is 0.667. The smallest absolute Gasteiger partial charge is 0.323 e. The second kappa shape index (κ2) is 4.49. The summed E-state index contributed by atoms with van der Waals surface area (Å²) in [6.07, 6.45) is 4.93. The van der Waals surface area contributed by atoms with Crippen LogP contribution in [0.4, 0.5) is 0 Å². The minimum Gasteiger partial charge on any atom is -0.464 e. The summed E-state index contributed by atoms with van der Waals surface area (Å²) in [7, 11) is 0. The second-order valence-electron chi connectivity index (χ2n) is 4.82. The Balaban J connectivity index is 1.69. The number of ether oxygens (including phenoxy) is 1. The number of hydrogen-bond acceptors (Lipinski definition) is 4. The van der Waals surface area contributed by atoms with Crippen LogP contribution in [0.2, 0.25) is 0 Å². The lowest BCUT2D eigenvalue weighted by atomic mass is 9.93. The number of H-pyrrole nitrogens is 1. The third kappa shape index (κ3) is 2.07. The molecular weight excluding hydrogens is 218 g/mol. The third-order valence-corrected chi connectivity index (χ3v) is 3.76. The molecule has 92 valence electrons. The van der Waals surface area contributed by atoms with E-state index in [1.54, 1.807) is 6.20 Å². The largest absolute Gasteiger partial charge is 0.464 e. The van der Waals surface area contributed by atoms with Crippen molar-refractivity contribution in [2.75, 3.05) is 19.7 Å². The number of aromatic amines is 1. The van der Waals surface area contributed by atoms with Gasteiger partial charge < -0.3 is 4.74 Å². The van der Waals surface area contributed by atoms with E-state index in [-0.39, 0.29) is 12.0 Å². The molecule has 1 aromatic heterocycles. The van der Waals surface area contributed by atoms with Gasteiger partial charge in [-0.25, -0.2) is 0 Å². The summed E-state index contributed by atoms with van der Waals surface area (Å²) in [4.78, 5) is 13.9. The van der Waals surface area contributed by atoms with Crippen LogP contribution in [-0.2, 0) is 9.53 Å². The minimum atomic E-state index is -0.0461. The lowest BCUT2D eigenvalue weighted by molar-refractivity contribution is -0.142. The van der Waals surface area contributed by atoms with Crippen LogP contribution in [0.1, 0.15) is 30.9 Å². The number of nitrogens with one attached hydrogen (secondary N) is 1. The van der Waals surface area contributed by atoms with Crippen molar-refractivity contribution < 1.29 is 9.53 Å². The van der Waals surface area contributed by atoms with E-state index in [4.69, 9.17) is 4.74 Å². The van der Waals surface area contributed by atoms with Gasteiger partial charge >= 0.3 is 5.97 Å². The first-order valence-corrected chi connectivity index (χ1v) is 6.24. The van der Waals surface area contributed by atoms with E-state index in [9.17, 15) is 4.79 Å². The van der Waals surface area contributed by atoms with Gasteiger partial charge in [0, 0.05) is 30.8 Å². The van der Waals surface area contributed by atoms with E-state index in [2.05, 4.69) is 15.1 Å². The van der Waals surface area contributed by atoms with Crippen molar-refractivity contribution in [3.63, 3.8) is 0 Å². The van der Waals surface area contributed by atoms with Gasteiger partial charge in [-0.05, 0) is 25.5 Å². The van der Waals surface area contributed by atoms with Crippen molar-refractivity contribution >= 4 is 5.97 Å². The van der Waals surface area contributed by atoms with Crippen molar-refractivity contribution in [2.24, 2.45) is 0 Å². The molecule has 0 bridgehead atoms. The number of likely N-dealkylation sites (tertiary alicyclic amines) is 1. The highest BCUT2D eigenvalue weighted by Gasteiger charge is 2.35. The number of hydrogen-bond donors (Lipinski definition) is 1. The fourth-order valence-corrected chi connectivity index (χ4v) is 2.85. The fourth-order valence-electron chi connectivity index (χ4n) is 2.85. The molecule has 17 heavy (non-hydrogen) atoms. The van der Waals surface area contributed by atoms with Crippen molar-refractivity contribution in [1.82, 2.24) is 15.1 Å². The lowest BCUT2D eigenvalue weighted by Crippen LogP contribution is -2.44. The molecule has 1 aromatic rings. The standard InChI is InChI=1S/C12H17N3O2/c16-12-11(4-7-17-12)15-6-1-2-9(8-15)10-3-5-13-14-10/h3,5,9,11H,1-2,4,6-8H2,(H,13,14)/t9-,11+/m0/s1. The highest BCUT2D eigenvalue weighted by Crippen LogP contribution is 2.28. The van der Waals surface area contributed by atoms with Gasteiger partial charge in [-0.15, -0.1) is 0 Å². The predicted molar refractivity (Wildman–Crippen MR) is 61.5 cm³/mol. The zero-order chi connectivity index (χ0) is 11.7. The summed E-state index contributed by atoms with van der Waals surface area (Å²) in [6.45, 7) is 2.51. The number of carbonyl (C=O) groups is 1. The van der Waals surface area contributed by atoms with Crippen molar-refractivity contribution in [2.45, 2.75) is 31.2 Å². The zero-order valence-corrected chi connectivity index (χ0v) is 9.76. The Morgan fingerprint density at radius 1 is 1.47 bits per heavy atom. The summed E-state index contributed by atoms with van der Waals surface area (Å²) in [5, 5.41) is 7.04. The van der Waals surface area contributed by atoms with Gasteiger partial charge in [0.2, 0.25) is 0 Å². The molecule has 2 fully saturated rings. The Labute approximate surface area is 100 Å². The Morgan fingerprint density at radius 3 is 3.12 bits per heavy atom. The molecule has 0 amide bonds. The molecule has 5 nitrogen and oxygen atoms in total. The number of nitrogens with zero attached hydrogens (tertiary/aromatic N) is 2. The first kappa shape index (κ1) is 10.8. The number of esters is 1. The Morgan fingerprint density at radius 2 is 2.41 bits per heavy atom. The van der Waals surface area contributed by atoms with Crippen LogP contribution in [0.3, 0.4) is 0 Å². The van der Waals surface area contributed by atoms with Crippen LogP contribution in [0.5, 0.6) is 0 Å². The van der Waals surface area contributed by atoms with Gasteiger partial charge in [0.05, 0.1) is 6.61 Å². The zero-order valence-electron chi connectivity index (χ0n) is 9.76. The first-order chi connectivity index (χ1) is 8.34. The van der Waals surface area contributed by atoms with Gasteiger partial charge in [0.15, 0.2) is 0 Å². The van der Waals surface area contributed by atoms with Gasteiger partial charge in [-0.2, -0.15) is 5.10 Å². The summed E-state index contributed by atoms with van der Waals surface area (Å²) in [6, 6.07) is 2.02. The molecule has 0 aliphatic carbocycles. The highest BCUT2D eigenvalue weighted by molar-refractivity contribution is 5.77. The molecule has 0 radical (unpaired) electrons. The molecule has 2 atom stereocenters. The number of aromatic nitrogens is 2. The predicted octanol–water partition coefficient (Wildman–Crippen LogP) is 0.905. The van der Waals surface area contributed by atoms with E-state index in [0.29, 0.717) is 12.5 Å². The van der Waals surface area contributed by atoms with Crippen LogP contribution in [0.15, 0.2) is 12.3 Å². The molecule has 0 spiro atoms. The monoisotopic (exact) mass is 235 g/mol. The molecule has 5 heteroatoms. The molecule has 2 aliphatic rings. The molecule has 0 unspecified atom stereocenters. The molecular formula is C12H17N3O2. The molecule has 3 rings (SSSR count). The minimum absolute atomic E-state index is 0.0132. The number of piperidine rings is 1. The molecule has 2 saturated heterocycles. The second-order valence-corrected chi connectivity index (χ2v) is 4.82. The van der Waals surface area contributed by atoms with E-state index in [0.717, 1.165) is 25.9 Å². The molecule has 1 N–H and O–H groups in total. The Kier molecular flexibility index (Phi) is 2.84. The Hall–Kier alpha value is -1.36. The normalized spacial score (nSPS) is 30.5. The Bertz CT molecular complexity index is 390. The molecule has 0 aromatic carbocycles. The number of cyclic esters (lactones) is 1. The maximum Gasteiger partial charge on any atom is 0.323 e. The topological polar surface area (TPSA) is 58.2 Å². The third-order valence-electron chi connectivity index (χ3n) is 3.76. The van der Waals surface area contributed by atoms with Crippen molar-refractivity contribution in [3.8, 4) is 0 Å². The molecule has 2 aliphatic heterocycles. The quantitative estimate of drug-likeness (QED) is 0.774. The van der Waals surface area contributed by atoms with E-state index in [1.165, 1.54) is 12.1 Å². The number of rotatable bonds is 2. The van der Waals surface area contributed by atoms with E-state index < -0.39 is 0 Å². The van der Waals surface area contributed by atoms with Crippen LogP contribution in [-0.4, -0.2) is 46.8 Å². The summed E-state index contributed by atoms with van der Waals surface area (Å²) >= 11 is 0. The number of carbonyl (C=O) groups excluding carboxylic acids is 1. The van der Waals surface area contributed by atoms with Gasteiger partial charge in [-0.1, -0.05) is 0 Å². The lowest BCUT2D eigenvalue weighted by Gasteiger charge is -2.34. The summed E-state index contributed by atoms with van der Waals surface area (Å²) in [5.74, 6) is 0.426. The molecule has 3 heterocycles. The van der Waals surface area contributed by atoms with Crippen LogP contribution in [0, 0.1) is 0 Å². The average Bonchev–Trinajstić information content (AvgIpc) is 2.99. The molecule has 0 saturated carbocycles. The first-order valence-electron chi connectivity index (χ1n) is 6.24. The van der Waals surface area contributed by atoms with Gasteiger partial charge in [-0.3, -0.25) is 14.8 Å².